The third-order valence-corrected chi connectivity index (χ3v) is 7.41. The molecule has 1 heterocycles. The summed E-state index contributed by atoms with van der Waals surface area (Å²) in [6.45, 7) is 0.723. The molecule has 0 saturated heterocycles. The first kappa shape index (κ1) is 24.7. The van der Waals surface area contributed by atoms with E-state index in [0.29, 0.717) is 11.6 Å². The van der Waals surface area contributed by atoms with Gasteiger partial charge in [-0.1, -0.05) is 97.0 Å². The number of rotatable bonds is 7. The van der Waals surface area contributed by atoms with Crippen molar-refractivity contribution in [2.24, 2.45) is 0 Å². The number of nitrogens with zero attached hydrogens (tertiary/aromatic N) is 2. The number of anilines is 1. The van der Waals surface area contributed by atoms with E-state index in [-0.39, 0.29) is 29.6 Å². The first-order valence-corrected chi connectivity index (χ1v) is 12.2. The Balaban J connectivity index is 0.00000274. The first-order valence-electron chi connectivity index (χ1n) is 11.4. The van der Waals surface area contributed by atoms with Gasteiger partial charge >= 0.3 is 35.5 Å². The summed E-state index contributed by atoms with van der Waals surface area (Å²) >= 11 is 1.75. The summed E-state index contributed by atoms with van der Waals surface area (Å²) < 4.78 is 0. The predicted octanol–water partition coefficient (Wildman–Crippen LogP) is 6.48. The van der Waals surface area contributed by atoms with Gasteiger partial charge in [-0.25, -0.2) is 9.78 Å². The summed E-state index contributed by atoms with van der Waals surface area (Å²) in [6, 6.07) is 28.5. The average Bonchev–Trinajstić information content (AvgIpc) is 3.55. The summed E-state index contributed by atoms with van der Waals surface area (Å²) in [5.74, 6) is -0.894. The van der Waals surface area contributed by atoms with Crippen LogP contribution in [0.15, 0.2) is 84.9 Å². The van der Waals surface area contributed by atoms with Gasteiger partial charge < -0.3 is 10.0 Å². The third-order valence-electron chi connectivity index (χ3n) is 6.26. The summed E-state index contributed by atoms with van der Waals surface area (Å²) in [4.78, 5) is 20.1. The Bertz CT molecular complexity index is 1160. The summed E-state index contributed by atoms with van der Waals surface area (Å²) in [7, 11) is 0. The van der Waals surface area contributed by atoms with E-state index in [1.807, 2.05) is 24.3 Å². The predicted molar refractivity (Wildman–Crippen MR) is 142 cm³/mol. The van der Waals surface area contributed by atoms with Crippen LogP contribution >= 0.6 is 11.3 Å². The molecule has 0 unspecified atom stereocenters. The molecule has 0 atom stereocenters. The molecule has 3 aromatic carbocycles. The SMILES string of the molecule is O=C(O)c1ccc(CN(c2nc(-c3ccccc3)c(-c3ccccc3)s2)C2CCCC2)cc1.[NaH]. The van der Waals surface area contributed by atoms with Crippen molar-refractivity contribution in [3.8, 4) is 21.7 Å². The van der Waals surface area contributed by atoms with Crippen molar-refractivity contribution in [2.45, 2.75) is 38.3 Å². The number of carboxylic acids is 1. The topological polar surface area (TPSA) is 53.4 Å². The Labute approximate surface area is 226 Å². The van der Waals surface area contributed by atoms with Crippen LogP contribution in [0.4, 0.5) is 5.13 Å². The molecule has 1 saturated carbocycles. The maximum atomic E-state index is 11.3. The molecule has 1 fully saturated rings. The molecule has 168 valence electrons. The number of thiazole rings is 1. The third kappa shape index (κ3) is 5.44. The van der Waals surface area contributed by atoms with E-state index in [9.17, 15) is 9.90 Å². The second-order valence-electron chi connectivity index (χ2n) is 8.47. The summed E-state index contributed by atoms with van der Waals surface area (Å²) in [5, 5.41) is 10.3. The second-order valence-corrected chi connectivity index (χ2v) is 9.45. The van der Waals surface area contributed by atoms with Crippen LogP contribution < -0.4 is 4.90 Å². The molecule has 0 radical (unpaired) electrons. The standard InChI is InChI=1S/C28H26N2O2S.Na.H/c31-27(32)23-17-15-20(16-18-23)19-30(24-13-7-8-14-24)28-29-25(21-9-3-1-4-10-21)26(33-28)22-11-5-2-6-12-22;;/h1-6,9-12,15-18,24H,7-8,13-14,19H2,(H,31,32);;. The van der Waals surface area contributed by atoms with Crippen molar-refractivity contribution in [1.82, 2.24) is 4.98 Å². The fourth-order valence-corrected chi connectivity index (χ4v) is 5.69. The monoisotopic (exact) mass is 478 g/mol. The molecule has 1 aliphatic rings. The zero-order chi connectivity index (χ0) is 22.6. The molecule has 4 aromatic rings. The molecular formula is C28H27N2NaO2S. The van der Waals surface area contributed by atoms with Crippen LogP contribution in [0, 0.1) is 0 Å². The van der Waals surface area contributed by atoms with Crippen molar-refractivity contribution >= 4 is 52.0 Å². The molecule has 1 aromatic heterocycles. The van der Waals surface area contributed by atoms with Gasteiger partial charge in [-0.15, -0.1) is 0 Å². The van der Waals surface area contributed by atoms with Crippen molar-refractivity contribution in [3.63, 3.8) is 0 Å². The van der Waals surface area contributed by atoms with Crippen molar-refractivity contribution in [3.05, 3.63) is 96.1 Å². The van der Waals surface area contributed by atoms with Crippen molar-refractivity contribution in [1.29, 1.82) is 0 Å². The van der Waals surface area contributed by atoms with Crippen molar-refractivity contribution in [2.75, 3.05) is 4.90 Å². The zero-order valence-corrected chi connectivity index (χ0v) is 19.2. The molecule has 1 N–H and O–H groups in total. The van der Waals surface area contributed by atoms with Crippen molar-refractivity contribution < 1.29 is 9.90 Å². The molecule has 0 amide bonds. The number of aromatic carboxylic acids is 1. The van der Waals surface area contributed by atoms with Gasteiger partial charge in [0.2, 0.25) is 0 Å². The Morgan fingerprint density at radius 1 is 0.882 bits per heavy atom. The molecule has 6 heteroatoms. The van der Waals surface area contributed by atoms with E-state index in [4.69, 9.17) is 4.98 Å². The van der Waals surface area contributed by atoms with E-state index in [1.54, 1.807) is 23.5 Å². The van der Waals surface area contributed by atoms with Gasteiger partial charge in [0.1, 0.15) is 0 Å². The van der Waals surface area contributed by atoms with Gasteiger partial charge in [-0.2, -0.15) is 0 Å². The van der Waals surface area contributed by atoms with Crippen LogP contribution in [-0.4, -0.2) is 51.7 Å². The van der Waals surface area contributed by atoms with Crippen LogP contribution in [-0.2, 0) is 6.54 Å². The van der Waals surface area contributed by atoms with Crippen LogP contribution in [0.2, 0.25) is 0 Å². The van der Waals surface area contributed by atoms with Gasteiger partial charge in [-0.3, -0.25) is 0 Å². The molecule has 4 nitrogen and oxygen atoms in total. The summed E-state index contributed by atoms with van der Waals surface area (Å²) in [5.41, 5.74) is 4.74. The molecule has 0 spiro atoms. The van der Waals surface area contributed by atoms with Crippen LogP contribution in [0.25, 0.3) is 21.7 Å². The van der Waals surface area contributed by atoms with Crippen LogP contribution in [0.1, 0.15) is 41.6 Å². The number of hydrogen-bond donors (Lipinski definition) is 1. The second kappa shape index (κ2) is 11.3. The average molecular weight is 479 g/mol. The minimum atomic E-state index is -0.894. The van der Waals surface area contributed by atoms with E-state index >= 15 is 0 Å². The molecule has 34 heavy (non-hydrogen) atoms. The number of aromatic nitrogens is 1. The normalized spacial score (nSPS) is 13.4. The number of benzene rings is 3. The van der Waals surface area contributed by atoms with Gasteiger partial charge in [0.15, 0.2) is 5.13 Å². The molecule has 0 bridgehead atoms. The Hall–Kier alpha value is -2.44. The van der Waals surface area contributed by atoms with Gasteiger partial charge in [0.25, 0.3) is 0 Å². The van der Waals surface area contributed by atoms with E-state index < -0.39 is 5.97 Å². The van der Waals surface area contributed by atoms with Gasteiger partial charge in [0.05, 0.1) is 16.1 Å². The quantitative estimate of drug-likeness (QED) is 0.309. The minimum absolute atomic E-state index is 0. The van der Waals surface area contributed by atoms with E-state index in [1.165, 1.54) is 23.3 Å². The van der Waals surface area contributed by atoms with Crippen LogP contribution in [0.3, 0.4) is 0 Å². The van der Waals surface area contributed by atoms with Gasteiger partial charge in [-0.05, 0) is 36.1 Å². The number of carbonyl (C=O) groups is 1. The van der Waals surface area contributed by atoms with Crippen LogP contribution in [0.5, 0.6) is 0 Å². The molecule has 5 rings (SSSR count). The van der Waals surface area contributed by atoms with Gasteiger partial charge in [0, 0.05) is 18.2 Å². The first-order chi connectivity index (χ1) is 16.2. The Kier molecular flexibility index (Phi) is 8.22. The number of hydrogen-bond acceptors (Lipinski definition) is 4. The number of carboxylic acid groups (broad SMARTS) is 1. The Morgan fingerprint density at radius 3 is 2.06 bits per heavy atom. The zero-order valence-electron chi connectivity index (χ0n) is 18.4. The molecule has 0 aliphatic heterocycles. The molecule has 1 aliphatic carbocycles. The van der Waals surface area contributed by atoms with E-state index in [2.05, 4.69) is 53.4 Å². The fraction of sp³-hybridized carbons (Fsp3) is 0.214. The fourth-order valence-electron chi connectivity index (χ4n) is 4.53. The Morgan fingerprint density at radius 2 is 1.47 bits per heavy atom. The maximum absolute atomic E-state index is 11.3. The molecular weight excluding hydrogens is 451 g/mol. The van der Waals surface area contributed by atoms with E-state index in [0.717, 1.165) is 41.3 Å². The summed E-state index contributed by atoms with van der Waals surface area (Å²) in [6.07, 6.45) is 4.80.